The number of piperidine rings is 1. The number of hydrogen-bond acceptors (Lipinski definition) is 4. The average molecular weight is 221 g/mol. The van der Waals surface area contributed by atoms with Crippen LogP contribution in [0.3, 0.4) is 0 Å². The number of aryl methyl sites for hydroxylation is 1. The number of carbonyl (C=O) groups excluding carboxylic acids is 2. The molecular weight excluding hydrogens is 210 g/mol. The number of nitrogens with one attached hydrogen (secondary N) is 1. The van der Waals surface area contributed by atoms with Gasteiger partial charge in [0.15, 0.2) is 0 Å². The maximum atomic E-state index is 11.6. The van der Waals surface area contributed by atoms with Gasteiger partial charge >= 0.3 is 0 Å². The molecule has 84 valence electrons. The van der Waals surface area contributed by atoms with Gasteiger partial charge in [-0.15, -0.1) is 0 Å². The minimum atomic E-state index is -0.675. The lowest BCUT2D eigenvalue weighted by Gasteiger charge is -2.21. The standard InChI is InChI=1S/C10H11N3O3/c1-6-4-9(15)13(11-5-6)7-2-3-8(14)12-10(7)16/h4-5,7H,2-3H2,1H3,(H,12,14,16). The Kier molecular flexibility index (Phi) is 2.55. The summed E-state index contributed by atoms with van der Waals surface area (Å²) in [6.07, 6.45) is 2.07. The van der Waals surface area contributed by atoms with Crippen molar-refractivity contribution in [2.45, 2.75) is 25.8 Å². The Bertz CT molecular complexity index is 506. The summed E-state index contributed by atoms with van der Waals surface area (Å²) in [4.78, 5) is 34.1. The average Bonchev–Trinajstić information content (AvgIpc) is 2.19. The molecule has 0 bridgehead atoms. The van der Waals surface area contributed by atoms with Crippen molar-refractivity contribution in [3.05, 3.63) is 28.2 Å². The first-order valence-electron chi connectivity index (χ1n) is 4.97. The maximum absolute atomic E-state index is 11.6. The molecule has 1 fully saturated rings. The van der Waals surface area contributed by atoms with Crippen molar-refractivity contribution < 1.29 is 9.59 Å². The van der Waals surface area contributed by atoms with Crippen molar-refractivity contribution in [3.8, 4) is 0 Å². The molecule has 0 aromatic carbocycles. The van der Waals surface area contributed by atoms with E-state index >= 15 is 0 Å². The van der Waals surface area contributed by atoms with Gasteiger partial charge in [-0.05, 0) is 18.9 Å². The number of hydrogen-bond donors (Lipinski definition) is 1. The lowest BCUT2D eigenvalue weighted by Crippen LogP contribution is -2.45. The zero-order valence-electron chi connectivity index (χ0n) is 8.77. The van der Waals surface area contributed by atoms with Crippen LogP contribution in [-0.2, 0) is 9.59 Å². The Morgan fingerprint density at radius 3 is 2.81 bits per heavy atom. The zero-order valence-corrected chi connectivity index (χ0v) is 8.77. The van der Waals surface area contributed by atoms with Gasteiger partial charge < -0.3 is 0 Å². The van der Waals surface area contributed by atoms with Gasteiger partial charge in [0.1, 0.15) is 6.04 Å². The van der Waals surface area contributed by atoms with Gasteiger partial charge in [0.2, 0.25) is 5.91 Å². The number of carbonyl (C=O) groups is 2. The largest absolute Gasteiger partial charge is 0.295 e. The van der Waals surface area contributed by atoms with E-state index in [1.165, 1.54) is 12.3 Å². The molecule has 1 N–H and O–H groups in total. The minimum absolute atomic E-state index is 0.235. The smallest absolute Gasteiger partial charge is 0.267 e. The van der Waals surface area contributed by atoms with Gasteiger partial charge in [-0.2, -0.15) is 5.10 Å². The van der Waals surface area contributed by atoms with Gasteiger partial charge in [-0.25, -0.2) is 4.68 Å². The van der Waals surface area contributed by atoms with Gasteiger partial charge in [-0.3, -0.25) is 19.7 Å². The van der Waals surface area contributed by atoms with E-state index in [1.54, 1.807) is 6.92 Å². The van der Waals surface area contributed by atoms with Crippen molar-refractivity contribution >= 4 is 11.8 Å². The van der Waals surface area contributed by atoms with E-state index in [2.05, 4.69) is 10.4 Å². The van der Waals surface area contributed by atoms with E-state index in [0.717, 1.165) is 10.2 Å². The number of amides is 2. The molecule has 2 rings (SSSR count). The minimum Gasteiger partial charge on any atom is -0.295 e. The Labute approximate surface area is 91.3 Å². The van der Waals surface area contributed by atoms with Crippen LogP contribution in [0.4, 0.5) is 0 Å². The topological polar surface area (TPSA) is 81.1 Å². The molecule has 0 saturated carbocycles. The highest BCUT2D eigenvalue weighted by molar-refractivity contribution is 5.99. The van der Waals surface area contributed by atoms with E-state index < -0.39 is 11.9 Å². The SMILES string of the molecule is Cc1cnn(C2CCC(=O)NC2=O)c(=O)c1. The molecule has 0 radical (unpaired) electrons. The molecule has 2 amide bonds. The molecule has 1 unspecified atom stereocenters. The molecule has 6 nitrogen and oxygen atoms in total. The summed E-state index contributed by atoms with van der Waals surface area (Å²) in [5, 5.41) is 6.10. The summed E-state index contributed by atoms with van der Waals surface area (Å²) in [6, 6.07) is 0.738. The molecule has 6 heteroatoms. The van der Waals surface area contributed by atoms with Crippen LogP contribution in [0, 0.1) is 6.92 Å². The molecular formula is C10H11N3O3. The lowest BCUT2D eigenvalue weighted by molar-refractivity contribution is -0.136. The van der Waals surface area contributed by atoms with Crippen LogP contribution < -0.4 is 10.9 Å². The predicted octanol–water partition coefficient (Wildman–Crippen LogP) is -0.471. The maximum Gasteiger partial charge on any atom is 0.267 e. The van der Waals surface area contributed by atoms with Crippen molar-refractivity contribution in [2.75, 3.05) is 0 Å². The third kappa shape index (κ3) is 1.86. The summed E-state index contributed by atoms with van der Waals surface area (Å²) in [7, 11) is 0. The van der Waals surface area contributed by atoms with Crippen molar-refractivity contribution in [1.82, 2.24) is 15.1 Å². The van der Waals surface area contributed by atoms with E-state index in [1.807, 2.05) is 0 Å². The second-order valence-corrected chi connectivity index (χ2v) is 3.78. The van der Waals surface area contributed by atoms with Gasteiger partial charge in [0.25, 0.3) is 11.5 Å². The number of aromatic nitrogens is 2. The lowest BCUT2D eigenvalue weighted by atomic mass is 10.1. The molecule has 0 aliphatic carbocycles. The van der Waals surface area contributed by atoms with Gasteiger partial charge in [0, 0.05) is 12.5 Å². The number of nitrogens with zero attached hydrogens (tertiary/aromatic N) is 2. The Hall–Kier alpha value is -1.98. The highest BCUT2D eigenvalue weighted by Crippen LogP contribution is 2.15. The van der Waals surface area contributed by atoms with Crippen molar-refractivity contribution in [2.24, 2.45) is 0 Å². The number of imide groups is 1. The van der Waals surface area contributed by atoms with E-state index in [9.17, 15) is 14.4 Å². The summed E-state index contributed by atoms with van der Waals surface area (Å²) >= 11 is 0. The molecule has 0 spiro atoms. The highest BCUT2D eigenvalue weighted by atomic mass is 16.2. The van der Waals surface area contributed by atoms with Crippen molar-refractivity contribution in [3.63, 3.8) is 0 Å². The van der Waals surface area contributed by atoms with Crippen molar-refractivity contribution in [1.29, 1.82) is 0 Å². The summed E-state index contributed by atoms with van der Waals surface area (Å²) in [6.45, 7) is 1.75. The molecule has 1 saturated heterocycles. The van der Waals surface area contributed by atoms with Crippen LogP contribution in [0.25, 0.3) is 0 Å². The second-order valence-electron chi connectivity index (χ2n) is 3.78. The number of rotatable bonds is 1. The molecule has 2 heterocycles. The van der Waals surface area contributed by atoms with Crippen LogP contribution in [0.15, 0.2) is 17.1 Å². The van der Waals surface area contributed by atoms with E-state index in [-0.39, 0.29) is 17.9 Å². The van der Waals surface area contributed by atoms with Gasteiger partial charge in [-0.1, -0.05) is 0 Å². The first-order chi connectivity index (χ1) is 7.58. The quantitative estimate of drug-likeness (QED) is 0.650. The first-order valence-corrected chi connectivity index (χ1v) is 4.97. The molecule has 1 aliphatic rings. The molecule has 16 heavy (non-hydrogen) atoms. The van der Waals surface area contributed by atoms with Crippen LogP contribution in [0.1, 0.15) is 24.4 Å². The second kappa shape index (κ2) is 3.88. The summed E-state index contributed by atoms with van der Waals surface area (Å²) in [5.74, 6) is -0.767. The van der Waals surface area contributed by atoms with Crippen LogP contribution in [0.2, 0.25) is 0 Å². The van der Waals surface area contributed by atoms with E-state index in [0.29, 0.717) is 6.42 Å². The highest BCUT2D eigenvalue weighted by Gasteiger charge is 2.29. The Morgan fingerprint density at radius 1 is 1.44 bits per heavy atom. The summed E-state index contributed by atoms with van der Waals surface area (Å²) in [5.41, 5.74) is 0.419. The molecule has 1 aliphatic heterocycles. The third-order valence-corrected chi connectivity index (χ3v) is 2.47. The van der Waals surface area contributed by atoms with Crippen LogP contribution >= 0.6 is 0 Å². The van der Waals surface area contributed by atoms with Crippen LogP contribution in [0.5, 0.6) is 0 Å². The third-order valence-electron chi connectivity index (χ3n) is 2.47. The molecule has 1 atom stereocenters. The zero-order chi connectivity index (χ0) is 11.7. The van der Waals surface area contributed by atoms with E-state index in [4.69, 9.17) is 0 Å². The molecule has 1 aromatic rings. The fraction of sp³-hybridized carbons (Fsp3) is 0.400. The first kappa shape index (κ1) is 10.5. The molecule has 1 aromatic heterocycles. The van der Waals surface area contributed by atoms with Crippen LogP contribution in [-0.4, -0.2) is 21.6 Å². The monoisotopic (exact) mass is 221 g/mol. The summed E-state index contributed by atoms with van der Waals surface area (Å²) < 4.78 is 1.12. The fourth-order valence-electron chi connectivity index (χ4n) is 1.66. The predicted molar refractivity (Wildman–Crippen MR) is 54.7 cm³/mol. The fourth-order valence-corrected chi connectivity index (χ4v) is 1.66. The van der Waals surface area contributed by atoms with Gasteiger partial charge in [0.05, 0.1) is 6.20 Å². The Morgan fingerprint density at radius 2 is 2.19 bits per heavy atom. The normalized spacial score (nSPS) is 20.7. The Balaban J connectivity index is 2.34.